The van der Waals surface area contributed by atoms with Crippen molar-refractivity contribution < 1.29 is 34.5 Å². The molecule has 13 heteroatoms. The van der Waals surface area contributed by atoms with Crippen molar-refractivity contribution in [1.82, 2.24) is 21.5 Å². The molecule has 0 aromatic carbocycles. The number of carbonyl (C=O) groups excluding carboxylic acids is 3. The van der Waals surface area contributed by atoms with Crippen molar-refractivity contribution in [3.8, 4) is 0 Å². The van der Waals surface area contributed by atoms with E-state index in [4.69, 9.17) is 21.7 Å². The lowest BCUT2D eigenvalue weighted by Crippen LogP contribution is -2.56. The zero-order valence-electron chi connectivity index (χ0n) is 13.6. The van der Waals surface area contributed by atoms with Crippen LogP contribution in [0.3, 0.4) is 0 Å². The van der Waals surface area contributed by atoms with Crippen LogP contribution >= 0.6 is 0 Å². The second-order valence-corrected chi connectivity index (χ2v) is 5.20. The van der Waals surface area contributed by atoms with E-state index in [1.54, 1.807) is 0 Å². The van der Waals surface area contributed by atoms with Crippen LogP contribution in [-0.4, -0.2) is 76.5 Å². The predicted octanol–water partition coefficient (Wildman–Crippen LogP) is -4.70. The van der Waals surface area contributed by atoms with Gasteiger partial charge in [-0.25, -0.2) is 15.0 Å². The number of nitrogens with one attached hydrogen (secondary N) is 4. The Labute approximate surface area is 143 Å². The maximum absolute atomic E-state index is 11.7. The third kappa shape index (κ3) is 9.41. The van der Waals surface area contributed by atoms with Gasteiger partial charge in [0.05, 0.1) is 18.8 Å². The fourth-order valence-electron chi connectivity index (χ4n) is 1.55. The lowest BCUT2D eigenvalue weighted by atomic mass is 10.2. The number of primary amides is 1. The molecule has 4 amide bonds. The van der Waals surface area contributed by atoms with Gasteiger partial charge in [0.15, 0.2) is 6.04 Å². The Hall–Kier alpha value is -2.48. The van der Waals surface area contributed by atoms with Gasteiger partial charge in [0.2, 0.25) is 5.91 Å². The van der Waals surface area contributed by atoms with E-state index in [1.165, 1.54) is 6.92 Å². The Morgan fingerprint density at radius 2 is 1.76 bits per heavy atom. The van der Waals surface area contributed by atoms with Crippen molar-refractivity contribution in [2.24, 2.45) is 11.5 Å². The molecule has 0 aliphatic rings. The van der Waals surface area contributed by atoms with Gasteiger partial charge in [-0.3, -0.25) is 15.0 Å². The topological polar surface area (TPSA) is 229 Å². The summed E-state index contributed by atoms with van der Waals surface area (Å²) in [4.78, 5) is 45.0. The van der Waals surface area contributed by atoms with E-state index in [9.17, 15) is 24.3 Å². The molecule has 1 unspecified atom stereocenters. The van der Waals surface area contributed by atoms with Crippen LogP contribution in [0.1, 0.15) is 13.3 Å². The molecule has 13 nitrogen and oxygen atoms in total. The molecule has 0 bridgehead atoms. The first kappa shape index (κ1) is 22.5. The van der Waals surface area contributed by atoms with Crippen LogP contribution < -0.4 is 33.0 Å². The van der Waals surface area contributed by atoms with Crippen molar-refractivity contribution in [3.05, 3.63) is 0 Å². The first-order chi connectivity index (χ1) is 11.6. The molecule has 11 N–H and O–H groups in total. The maximum Gasteiger partial charge on any atom is 0.328 e. The number of aliphatic hydroxyl groups excluding tert-OH is 2. The van der Waals surface area contributed by atoms with Gasteiger partial charge < -0.3 is 37.4 Å². The summed E-state index contributed by atoms with van der Waals surface area (Å²) in [7, 11) is 0. The summed E-state index contributed by atoms with van der Waals surface area (Å²) in [5.41, 5.74) is 15.0. The predicted molar refractivity (Wildman–Crippen MR) is 83.6 cm³/mol. The van der Waals surface area contributed by atoms with Gasteiger partial charge in [0.25, 0.3) is 5.91 Å². The molecule has 0 rings (SSSR count). The number of aliphatic carboxylic acids is 1. The number of carboxylic acids is 1. The van der Waals surface area contributed by atoms with Crippen molar-refractivity contribution in [3.63, 3.8) is 0 Å². The number of hydrogen-bond acceptors (Lipinski definition) is 8. The minimum atomic E-state index is -1.52. The second kappa shape index (κ2) is 11.1. The average Bonchev–Trinajstić information content (AvgIpc) is 2.50. The summed E-state index contributed by atoms with van der Waals surface area (Å²) in [6.07, 6.45) is -1.39. The van der Waals surface area contributed by atoms with Crippen LogP contribution in [0.25, 0.3) is 0 Å². The van der Waals surface area contributed by atoms with Crippen LogP contribution in [-0.2, 0) is 14.4 Å². The number of aliphatic hydroxyl groups is 2. The van der Waals surface area contributed by atoms with Gasteiger partial charge in [0.1, 0.15) is 6.04 Å². The molecule has 144 valence electrons. The number of urea groups is 1. The first-order valence-corrected chi connectivity index (χ1v) is 7.23. The molecule has 25 heavy (non-hydrogen) atoms. The molecule has 0 aromatic heterocycles. The Morgan fingerprint density at radius 1 is 1.16 bits per heavy atom. The highest BCUT2D eigenvalue weighted by molar-refractivity contribution is 5.83. The zero-order valence-corrected chi connectivity index (χ0v) is 13.6. The van der Waals surface area contributed by atoms with Crippen molar-refractivity contribution >= 4 is 23.8 Å². The van der Waals surface area contributed by atoms with Gasteiger partial charge in [-0.15, -0.1) is 0 Å². The average molecular weight is 364 g/mol. The van der Waals surface area contributed by atoms with E-state index in [0.29, 0.717) is 0 Å². The molecule has 0 radical (unpaired) electrons. The molecule has 0 fully saturated rings. The van der Waals surface area contributed by atoms with E-state index in [1.807, 2.05) is 5.32 Å². The lowest BCUT2D eigenvalue weighted by Gasteiger charge is -2.21. The Kier molecular flexibility index (Phi) is 10.0. The molecule has 0 saturated carbocycles. The number of hydrazine groups is 1. The molecule has 0 aliphatic carbocycles. The van der Waals surface area contributed by atoms with Gasteiger partial charge in [-0.1, -0.05) is 0 Å². The van der Waals surface area contributed by atoms with E-state index in [2.05, 4.69) is 16.2 Å². The van der Waals surface area contributed by atoms with E-state index >= 15 is 0 Å². The van der Waals surface area contributed by atoms with Crippen LogP contribution in [0, 0.1) is 0 Å². The van der Waals surface area contributed by atoms with Crippen LogP contribution in [0.5, 0.6) is 0 Å². The van der Waals surface area contributed by atoms with E-state index in [0.717, 1.165) is 0 Å². The van der Waals surface area contributed by atoms with Crippen LogP contribution in [0.4, 0.5) is 4.79 Å². The fourth-order valence-corrected chi connectivity index (χ4v) is 1.55. The van der Waals surface area contributed by atoms with Crippen molar-refractivity contribution in [2.45, 2.75) is 37.6 Å². The largest absolute Gasteiger partial charge is 0.480 e. The third-order valence-electron chi connectivity index (χ3n) is 2.95. The van der Waals surface area contributed by atoms with Crippen molar-refractivity contribution in [2.75, 3.05) is 13.2 Å². The highest BCUT2D eigenvalue weighted by Gasteiger charge is 2.22. The van der Waals surface area contributed by atoms with Crippen LogP contribution in [0.15, 0.2) is 0 Å². The van der Waals surface area contributed by atoms with Gasteiger partial charge >= 0.3 is 12.0 Å². The molecule has 0 aliphatic heterocycles. The highest BCUT2D eigenvalue weighted by Crippen LogP contribution is 1.92. The second-order valence-electron chi connectivity index (χ2n) is 5.20. The smallest absolute Gasteiger partial charge is 0.328 e. The minimum Gasteiger partial charge on any atom is -0.480 e. The Morgan fingerprint density at radius 3 is 2.20 bits per heavy atom. The maximum atomic E-state index is 11.7. The molecule has 0 saturated heterocycles. The SMILES string of the molecule is CC(O)[C@@H](N)C(=O)NNC[C@@H](CC(N)=O)NC(=O)N[C@H](CO)C(=O)O. The summed E-state index contributed by atoms with van der Waals surface area (Å²) in [5, 5.41) is 31.0. The number of rotatable bonds is 11. The molecule has 4 atom stereocenters. The fraction of sp³-hybridized carbons (Fsp3) is 0.667. The lowest BCUT2D eigenvalue weighted by molar-refractivity contribution is -0.140. The van der Waals surface area contributed by atoms with Gasteiger partial charge in [0, 0.05) is 13.0 Å². The number of carbonyl (C=O) groups is 4. The summed E-state index contributed by atoms with van der Waals surface area (Å²) >= 11 is 0. The Bertz CT molecular complexity index is 487. The van der Waals surface area contributed by atoms with Gasteiger partial charge in [-0.2, -0.15) is 0 Å². The van der Waals surface area contributed by atoms with Crippen molar-refractivity contribution in [1.29, 1.82) is 0 Å². The zero-order chi connectivity index (χ0) is 19.6. The number of amides is 4. The minimum absolute atomic E-state index is 0.147. The summed E-state index contributed by atoms with van der Waals surface area (Å²) < 4.78 is 0. The standard InChI is InChI=1S/C12H24N6O7/c1-5(20)9(14)10(22)18-15-3-6(2-8(13)21)16-12(25)17-7(4-19)11(23)24/h5-7,9,15,19-20H,2-4,14H2,1H3,(H2,13,21)(H,18,22)(H,23,24)(H2,16,17,25)/t5?,6-,7-,9-/m1/s1. The molecular formula is C12H24N6O7. The molecule has 0 aromatic rings. The summed E-state index contributed by atoms with van der Waals surface area (Å²) in [6.45, 7) is 0.354. The quantitative estimate of drug-likeness (QED) is 0.160. The normalized spacial score (nSPS) is 15.4. The number of carboxylic acid groups (broad SMARTS) is 1. The number of hydrogen-bond donors (Lipinski definition) is 9. The van der Waals surface area contributed by atoms with E-state index in [-0.39, 0.29) is 13.0 Å². The Balaban J connectivity index is 4.55. The highest BCUT2D eigenvalue weighted by atomic mass is 16.4. The van der Waals surface area contributed by atoms with Crippen LogP contribution in [0.2, 0.25) is 0 Å². The van der Waals surface area contributed by atoms with Gasteiger partial charge in [-0.05, 0) is 6.92 Å². The monoisotopic (exact) mass is 364 g/mol. The molecule has 0 spiro atoms. The third-order valence-corrected chi connectivity index (χ3v) is 2.95. The molecule has 0 heterocycles. The first-order valence-electron chi connectivity index (χ1n) is 7.23. The molecular weight excluding hydrogens is 340 g/mol. The summed E-state index contributed by atoms with van der Waals surface area (Å²) in [6, 6.07) is -4.56. The summed E-state index contributed by atoms with van der Waals surface area (Å²) in [5.74, 6) is -2.92. The number of nitrogens with two attached hydrogens (primary N) is 2. The van der Waals surface area contributed by atoms with E-state index < -0.39 is 54.7 Å².